The number of rotatable bonds is 1. The lowest BCUT2D eigenvalue weighted by atomic mass is 9.79. The van der Waals surface area contributed by atoms with E-state index in [2.05, 4.69) is 0 Å². The minimum absolute atomic E-state index is 0.265. The zero-order valence-electron chi connectivity index (χ0n) is 10.8. The summed E-state index contributed by atoms with van der Waals surface area (Å²) in [6, 6.07) is 3.81. The van der Waals surface area contributed by atoms with Crippen LogP contribution in [0.5, 0.6) is 0 Å². The zero-order chi connectivity index (χ0) is 12.8. The van der Waals surface area contributed by atoms with Gasteiger partial charge in [-0.1, -0.05) is 0 Å². The summed E-state index contributed by atoms with van der Waals surface area (Å²) < 4.78 is 17.0. The molecule has 0 N–H and O–H groups in total. The van der Waals surface area contributed by atoms with Crippen LogP contribution in [-0.2, 0) is 9.31 Å². The lowest BCUT2D eigenvalue weighted by Crippen LogP contribution is -2.41. The molecule has 0 radical (unpaired) electrons. The molecule has 0 aromatic carbocycles. The topological polar surface area (TPSA) is 55.4 Å². The first kappa shape index (κ1) is 12.2. The molecule has 2 rings (SSSR count). The molecule has 1 aliphatic rings. The number of hydrogen-bond acceptors (Lipinski definition) is 4. The van der Waals surface area contributed by atoms with Crippen LogP contribution >= 0.6 is 0 Å². The van der Waals surface area contributed by atoms with Crippen molar-refractivity contribution in [3.63, 3.8) is 0 Å². The van der Waals surface area contributed by atoms with Gasteiger partial charge in [0.15, 0.2) is 0 Å². The van der Waals surface area contributed by atoms with Gasteiger partial charge in [0.05, 0.1) is 11.2 Å². The van der Waals surface area contributed by atoms with Crippen LogP contribution in [0.1, 0.15) is 39.2 Å². The second-order valence-electron chi connectivity index (χ2n) is 5.34. The Morgan fingerprint density at radius 1 is 1.18 bits per heavy atom. The molecule has 1 fully saturated rings. The molecule has 0 aliphatic carbocycles. The number of aryl methyl sites for hydroxylation is 1. The number of nitriles is 1. The van der Waals surface area contributed by atoms with Gasteiger partial charge in [0.2, 0.25) is 5.76 Å². The van der Waals surface area contributed by atoms with Gasteiger partial charge in [-0.3, -0.25) is 0 Å². The van der Waals surface area contributed by atoms with Crippen molar-refractivity contribution >= 4 is 12.6 Å². The summed E-state index contributed by atoms with van der Waals surface area (Å²) in [6.07, 6.45) is 0. The third-order valence-electron chi connectivity index (χ3n) is 3.49. The summed E-state index contributed by atoms with van der Waals surface area (Å²) in [5, 5.41) is 9.00. The van der Waals surface area contributed by atoms with Gasteiger partial charge in [-0.15, -0.1) is 0 Å². The Balaban J connectivity index is 2.36. The molecular weight excluding hydrogens is 217 g/mol. The number of furan rings is 1. The first-order chi connectivity index (χ1) is 7.77. The van der Waals surface area contributed by atoms with E-state index >= 15 is 0 Å². The normalized spacial score (nSPS) is 21.5. The van der Waals surface area contributed by atoms with Crippen molar-refractivity contribution in [2.24, 2.45) is 0 Å². The lowest BCUT2D eigenvalue weighted by Gasteiger charge is -2.32. The summed E-state index contributed by atoms with van der Waals surface area (Å²) >= 11 is 0. The summed E-state index contributed by atoms with van der Waals surface area (Å²) in [5.74, 6) is 0.951. The fourth-order valence-electron chi connectivity index (χ4n) is 1.77. The van der Waals surface area contributed by atoms with Crippen LogP contribution in [0.15, 0.2) is 10.5 Å². The lowest BCUT2D eigenvalue weighted by molar-refractivity contribution is 0.00578. The van der Waals surface area contributed by atoms with Crippen molar-refractivity contribution in [3.8, 4) is 6.07 Å². The molecular formula is C12H16BNO3. The first-order valence-corrected chi connectivity index (χ1v) is 5.63. The minimum Gasteiger partial charge on any atom is -0.451 e. The van der Waals surface area contributed by atoms with E-state index in [0.29, 0.717) is 11.2 Å². The molecule has 1 aliphatic heterocycles. The second-order valence-corrected chi connectivity index (χ2v) is 5.34. The molecule has 1 aromatic heterocycles. The van der Waals surface area contributed by atoms with Crippen molar-refractivity contribution in [3.05, 3.63) is 17.6 Å². The molecule has 0 unspecified atom stereocenters. The van der Waals surface area contributed by atoms with E-state index in [4.69, 9.17) is 19.0 Å². The molecule has 1 saturated heterocycles. The molecule has 90 valence electrons. The minimum atomic E-state index is -0.535. The maximum Gasteiger partial charge on any atom is 0.499 e. The van der Waals surface area contributed by atoms with Crippen LogP contribution in [0.4, 0.5) is 0 Å². The largest absolute Gasteiger partial charge is 0.499 e. The molecule has 4 nitrogen and oxygen atoms in total. The Hall–Kier alpha value is -1.25. The fraction of sp³-hybridized carbons (Fsp3) is 0.583. The Bertz CT molecular complexity index is 468. The Morgan fingerprint density at radius 3 is 2.18 bits per heavy atom. The molecule has 17 heavy (non-hydrogen) atoms. The average molecular weight is 233 g/mol. The fourth-order valence-corrected chi connectivity index (χ4v) is 1.77. The van der Waals surface area contributed by atoms with Gasteiger partial charge in [-0.2, -0.15) is 5.26 Å². The van der Waals surface area contributed by atoms with Crippen LogP contribution in [0.25, 0.3) is 0 Å². The van der Waals surface area contributed by atoms with Gasteiger partial charge in [0.25, 0.3) is 0 Å². The van der Waals surface area contributed by atoms with E-state index in [1.807, 2.05) is 33.8 Å². The Morgan fingerprint density at radius 2 is 1.71 bits per heavy atom. The highest BCUT2D eigenvalue weighted by Crippen LogP contribution is 2.36. The van der Waals surface area contributed by atoms with Gasteiger partial charge in [-0.05, 0) is 40.7 Å². The van der Waals surface area contributed by atoms with Crippen LogP contribution in [0.3, 0.4) is 0 Å². The summed E-state index contributed by atoms with van der Waals surface area (Å²) in [7, 11) is -0.535. The molecule has 5 heteroatoms. The average Bonchev–Trinajstić information content (AvgIpc) is 2.65. The highest BCUT2D eigenvalue weighted by Gasteiger charge is 2.52. The van der Waals surface area contributed by atoms with Crippen molar-refractivity contribution in [2.45, 2.75) is 45.8 Å². The van der Waals surface area contributed by atoms with Crippen LogP contribution < -0.4 is 5.46 Å². The zero-order valence-corrected chi connectivity index (χ0v) is 10.8. The molecule has 0 spiro atoms. The summed E-state index contributed by atoms with van der Waals surface area (Å²) in [4.78, 5) is 0. The maximum atomic E-state index is 9.00. The summed E-state index contributed by atoms with van der Waals surface area (Å²) in [6.45, 7) is 9.71. The van der Waals surface area contributed by atoms with Crippen molar-refractivity contribution < 1.29 is 13.7 Å². The molecule has 1 aromatic rings. The number of nitrogens with zero attached hydrogens (tertiary/aromatic N) is 1. The highest BCUT2D eigenvalue weighted by atomic mass is 16.7. The van der Waals surface area contributed by atoms with E-state index < -0.39 is 18.3 Å². The first-order valence-electron chi connectivity index (χ1n) is 5.63. The van der Waals surface area contributed by atoms with Crippen molar-refractivity contribution in [1.82, 2.24) is 0 Å². The SMILES string of the molecule is Cc1cc(B2OC(C)(C)C(C)(C)O2)c(C#N)o1. The van der Waals surface area contributed by atoms with Gasteiger partial charge in [-0.25, -0.2) is 0 Å². The van der Waals surface area contributed by atoms with E-state index in [1.54, 1.807) is 13.0 Å². The third-order valence-corrected chi connectivity index (χ3v) is 3.49. The predicted octanol–water partition coefficient (Wildman–Crippen LogP) is 1.76. The molecule has 2 heterocycles. The van der Waals surface area contributed by atoms with Gasteiger partial charge in [0.1, 0.15) is 11.8 Å². The molecule has 0 bridgehead atoms. The van der Waals surface area contributed by atoms with Crippen LogP contribution in [-0.4, -0.2) is 18.3 Å². The molecule has 0 amide bonds. The highest BCUT2D eigenvalue weighted by molar-refractivity contribution is 6.62. The maximum absolute atomic E-state index is 9.00. The predicted molar refractivity (Wildman–Crippen MR) is 63.9 cm³/mol. The van der Waals surface area contributed by atoms with Gasteiger partial charge >= 0.3 is 7.12 Å². The van der Waals surface area contributed by atoms with Gasteiger partial charge in [0, 0.05) is 5.46 Å². The quantitative estimate of drug-likeness (QED) is 0.693. The van der Waals surface area contributed by atoms with Crippen LogP contribution in [0, 0.1) is 18.3 Å². The monoisotopic (exact) mass is 233 g/mol. The smallest absolute Gasteiger partial charge is 0.451 e. The molecule has 0 atom stereocenters. The van der Waals surface area contributed by atoms with Gasteiger partial charge < -0.3 is 13.7 Å². The summed E-state index contributed by atoms with van der Waals surface area (Å²) in [5.41, 5.74) is -0.144. The van der Waals surface area contributed by atoms with Crippen molar-refractivity contribution in [1.29, 1.82) is 5.26 Å². The van der Waals surface area contributed by atoms with Crippen LogP contribution in [0.2, 0.25) is 0 Å². The Labute approximate surface area is 102 Å². The van der Waals surface area contributed by atoms with E-state index in [1.165, 1.54) is 0 Å². The van der Waals surface area contributed by atoms with Crippen molar-refractivity contribution in [2.75, 3.05) is 0 Å². The van der Waals surface area contributed by atoms with E-state index in [-0.39, 0.29) is 5.76 Å². The third kappa shape index (κ3) is 1.88. The molecule has 0 saturated carbocycles. The van der Waals surface area contributed by atoms with E-state index in [9.17, 15) is 0 Å². The second kappa shape index (κ2) is 3.62. The standard InChI is InChI=1S/C12H16BNO3/c1-8-6-9(10(7-14)15-8)13-16-11(2,3)12(4,5)17-13/h6H,1-5H3. The number of hydrogen-bond donors (Lipinski definition) is 0. The van der Waals surface area contributed by atoms with E-state index in [0.717, 1.165) is 0 Å². The Kier molecular flexibility index (Phi) is 2.60.